The number of fused-ring (bicyclic) bond motifs is 6. The topological polar surface area (TPSA) is 55.7 Å². The smallest absolute Gasteiger partial charge is 0.253 e. The average molecular weight is 671 g/mol. The van der Waals surface area contributed by atoms with Crippen molar-refractivity contribution >= 4 is 43.6 Å². The fraction of sp³-hybridized carbons (Fsp3) is 0. The van der Waals surface area contributed by atoms with Crippen LogP contribution in [0.5, 0.6) is 11.5 Å². The Morgan fingerprint density at radius 3 is 1.17 bits per heavy atom. The molecule has 52 heavy (non-hydrogen) atoms. The van der Waals surface area contributed by atoms with Gasteiger partial charge in [0.25, 0.3) is 11.5 Å². The Morgan fingerprint density at radius 1 is 0.269 bits per heavy atom. The fourth-order valence-corrected chi connectivity index (χ4v) is 7.84. The molecule has 4 N–H and O–H groups in total. The van der Waals surface area contributed by atoms with Gasteiger partial charge in [-0.1, -0.05) is 66.7 Å². The van der Waals surface area contributed by atoms with Crippen molar-refractivity contribution in [1.29, 1.82) is 0 Å². The molecule has 0 atom stereocenters. The van der Waals surface area contributed by atoms with Crippen LogP contribution in [0, 0.1) is 0 Å². The van der Waals surface area contributed by atoms with Crippen LogP contribution in [-0.2, 0) is 0 Å². The Morgan fingerprint density at radius 2 is 0.673 bits per heavy atom. The zero-order chi connectivity index (χ0) is 34.8. The molecule has 0 saturated carbocycles. The third kappa shape index (κ3) is 4.84. The first-order chi connectivity index (χ1) is 25.6. The minimum Gasteiger partial charge on any atom is -0.593 e. The van der Waals surface area contributed by atoms with Gasteiger partial charge in [0.1, 0.15) is 0 Å². The normalized spacial score (nSPS) is 11.6. The molecule has 10 rings (SSSR count). The lowest BCUT2D eigenvalue weighted by molar-refractivity contribution is 0.475. The molecule has 0 unspecified atom stereocenters. The van der Waals surface area contributed by atoms with Crippen molar-refractivity contribution < 1.29 is 10.2 Å². The van der Waals surface area contributed by atoms with E-state index in [0.29, 0.717) is 11.5 Å². The molecule has 2 heterocycles. The summed E-state index contributed by atoms with van der Waals surface area (Å²) in [6.07, 6.45) is 0. The summed E-state index contributed by atoms with van der Waals surface area (Å²) < 4.78 is 4.73. The molecule has 246 valence electrons. The lowest BCUT2D eigenvalue weighted by Crippen LogP contribution is -1.96. The average Bonchev–Trinajstić information content (AvgIpc) is 3.71. The van der Waals surface area contributed by atoms with Crippen molar-refractivity contribution in [3.63, 3.8) is 0 Å². The SMILES string of the molecule is [OH2+]c1ccc(-c2cc(-c3ccc([OH2+])cc3)cc(-n3c4ccccc4c4cc(-c5ccc6c(c5)c5ccccc5n6-c5ccccc5)ccc43)c2)cc1. The lowest BCUT2D eigenvalue weighted by Gasteiger charge is -2.14. The van der Waals surface area contributed by atoms with E-state index in [9.17, 15) is 0 Å². The number of nitrogens with zero attached hydrogens (tertiary/aromatic N) is 2. The number of aromatic nitrogens is 2. The molecule has 4 nitrogen and oxygen atoms in total. The van der Waals surface area contributed by atoms with E-state index in [0.717, 1.165) is 44.7 Å². The lowest BCUT2D eigenvalue weighted by atomic mass is 9.97. The van der Waals surface area contributed by atoms with Crippen LogP contribution in [0.4, 0.5) is 0 Å². The highest BCUT2D eigenvalue weighted by molar-refractivity contribution is 6.12. The monoisotopic (exact) mass is 670 g/mol. The van der Waals surface area contributed by atoms with Crippen LogP contribution in [0.15, 0.2) is 182 Å². The Kier molecular flexibility index (Phi) is 6.76. The van der Waals surface area contributed by atoms with Gasteiger partial charge in [0.05, 0.1) is 22.1 Å². The molecule has 0 spiro atoms. The van der Waals surface area contributed by atoms with Crippen LogP contribution < -0.4 is 0 Å². The van der Waals surface area contributed by atoms with Crippen molar-refractivity contribution in [1.82, 2.24) is 9.13 Å². The van der Waals surface area contributed by atoms with Crippen LogP contribution in [-0.4, -0.2) is 19.3 Å². The Labute approximate surface area is 300 Å². The Balaban J connectivity index is 1.17. The molecule has 0 aliphatic heterocycles. The molecule has 0 amide bonds. The molecule has 8 aromatic carbocycles. The number of para-hydroxylation sites is 3. The van der Waals surface area contributed by atoms with Gasteiger partial charge in [-0.25, -0.2) is 0 Å². The van der Waals surface area contributed by atoms with Gasteiger partial charge in [0.15, 0.2) is 0 Å². The second kappa shape index (κ2) is 11.8. The van der Waals surface area contributed by atoms with E-state index >= 15 is 0 Å². The maximum absolute atomic E-state index is 8.06. The quantitative estimate of drug-likeness (QED) is 0.164. The molecule has 4 heteroatoms. The van der Waals surface area contributed by atoms with E-state index in [2.05, 4.69) is 143 Å². The highest BCUT2D eigenvalue weighted by atomic mass is 16.3. The van der Waals surface area contributed by atoms with E-state index in [1.165, 1.54) is 43.7 Å². The predicted molar refractivity (Wildman–Crippen MR) is 218 cm³/mol. The van der Waals surface area contributed by atoms with E-state index in [-0.39, 0.29) is 0 Å². The van der Waals surface area contributed by atoms with E-state index in [4.69, 9.17) is 10.2 Å². The zero-order valence-corrected chi connectivity index (χ0v) is 28.2. The molecule has 0 radical (unpaired) electrons. The molecule has 0 fully saturated rings. The summed E-state index contributed by atoms with van der Waals surface area (Å²) in [5, 5.41) is 21.0. The summed E-state index contributed by atoms with van der Waals surface area (Å²) in [5.74, 6) is 0.982. The minimum absolute atomic E-state index is 0.491. The second-order valence-electron chi connectivity index (χ2n) is 13.4. The van der Waals surface area contributed by atoms with Gasteiger partial charge in [-0.2, -0.15) is 0 Å². The third-order valence-electron chi connectivity index (χ3n) is 10.3. The van der Waals surface area contributed by atoms with Crippen LogP contribution >= 0.6 is 0 Å². The molecule has 0 saturated heterocycles. The summed E-state index contributed by atoms with van der Waals surface area (Å²) in [5.41, 5.74) is 13.5. The standard InChI is InChI=1S/C48H32N2O2/c51-39-20-14-31(15-21-39)35-26-36(32-16-22-40(52)23-17-32)28-38(27-35)50-46-13-7-5-11-42(46)44-30-34(19-25-48(44)50)33-18-24-47-43(29-33)41-10-4-6-12-45(41)49(47)37-8-2-1-3-9-37/h1-30,51-52H/p+2. The van der Waals surface area contributed by atoms with Crippen molar-refractivity contribution in [3.05, 3.63) is 182 Å². The number of hydrogen-bond acceptors (Lipinski definition) is 0. The second-order valence-corrected chi connectivity index (χ2v) is 13.4. The molecular formula is C48H34N2O2+2. The maximum Gasteiger partial charge on any atom is 0.253 e. The third-order valence-corrected chi connectivity index (χ3v) is 10.3. The van der Waals surface area contributed by atoms with Crippen LogP contribution in [0.25, 0.3) is 88.4 Å². The minimum atomic E-state index is 0.491. The Bertz CT molecular complexity index is 2890. The van der Waals surface area contributed by atoms with Crippen LogP contribution in [0.1, 0.15) is 0 Å². The van der Waals surface area contributed by atoms with Crippen molar-refractivity contribution in [2.75, 3.05) is 0 Å². The summed E-state index contributed by atoms with van der Waals surface area (Å²) in [6.45, 7) is 0. The number of benzene rings is 8. The summed E-state index contributed by atoms with van der Waals surface area (Å²) in [7, 11) is 0. The summed E-state index contributed by atoms with van der Waals surface area (Å²) >= 11 is 0. The van der Waals surface area contributed by atoms with Crippen molar-refractivity contribution in [2.24, 2.45) is 0 Å². The fourth-order valence-electron chi connectivity index (χ4n) is 7.84. The van der Waals surface area contributed by atoms with Gasteiger partial charge in [-0.3, -0.25) is 0 Å². The van der Waals surface area contributed by atoms with Gasteiger partial charge in [-0.05, 0) is 124 Å². The van der Waals surface area contributed by atoms with Gasteiger partial charge in [0, 0.05) is 57.2 Å². The van der Waals surface area contributed by atoms with E-state index < -0.39 is 0 Å². The predicted octanol–water partition coefficient (Wildman–Crippen LogP) is 11.8. The first-order valence-corrected chi connectivity index (χ1v) is 17.5. The first kappa shape index (κ1) is 29.8. The van der Waals surface area contributed by atoms with Crippen molar-refractivity contribution in [3.8, 4) is 56.3 Å². The number of hydrogen-bond donors (Lipinski definition) is 0. The molecule has 2 aromatic heterocycles. The largest absolute Gasteiger partial charge is 0.593 e. The van der Waals surface area contributed by atoms with E-state index in [1.807, 2.05) is 48.5 Å². The van der Waals surface area contributed by atoms with Gasteiger partial charge in [0.2, 0.25) is 0 Å². The summed E-state index contributed by atoms with van der Waals surface area (Å²) in [4.78, 5) is 0. The highest BCUT2D eigenvalue weighted by Crippen LogP contribution is 2.40. The number of rotatable bonds is 5. The van der Waals surface area contributed by atoms with Crippen LogP contribution in [0.3, 0.4) is 0 Å². The molecule has 0 bridgehead atoms. The zero-order valence-electron chi connectivity index (χ0n) is 28.2. The molecule has 10 aromatic rings. The van der Waals surface area contributed by atoms with Crippen LogP contribution in [0.2, 0.25) is 0 Å². The van der Waals surface area contributed by atoms with Gasteiger partial charge < -0.3 is 19.3 Å². The molecular weight excluding hydrogens is 637 g/mol. The molecule has 0 aliphatic rings. The van der Waals surface area contributed by atoms with E-state index in [1.54, 1.807) is 0 Å². The van der Waals surface area contributed by atoms with Crippen molar-refractivity contribution in [2.45, 2.75) is 0 Å². The maximum atomic E-state index is 8.06. The van der Waals surface area contributed by atoms with Gasteiger partial charge >= 0.3 is 0 Å². The first-order valence-electron chi connectivity index (χ1n) is 17.5. The molecule has 0 aliphatic carbocycles. The Hall–Kier alpha value is -7.04. The highest BCUT2D eigenvalue weighted by Gasteiger charge is 2.17. The summed E-state index contributed by atoms with van der Waals surface area (Å²) in [6, 6.07) is 63.8. The van der Waals surface area contributed by atoms with Gasteiger partial charge in [-0.15, -0.1) is 0 Å².